The van der Waals surface area contributed by atoms with Crippen molar-refractivity contribution >= 4 is 74.6 Å². The number of nitro groups is 1. The Morgan fingerprint density at radius 1 is 1.00 bits per heavy atom. The van der Waals surface area contributed by atoms with Crippen LogP contribution in [0.15, 0.2) is 101 Å². The molecule has 1 atom stereocenters. The standard InChI is InChI=1S/C34H24Cl2N4O6S2/c1-19-5-2-3-6-22(19)17-46-26-13-10-20(11-14-26)30(41)28-29(21-7-4-8-25(15-21)40(44)45)39(32(43)31(28)42)33-37-38-34(48-33)47-18-23-9-12-24(35)16-27(23)36/h2-16,29,41H,17-18H2,1H3/b30-28+. The van der Waals surface area contributed by atoms with Gasteiger partial charge in [0.05, 0.1) is 16.5 Å². The van der Waals surface area contributed by atoms with E-state index in [1.807, 2.05) is 31.2 Å². The number of ketones is 1. The number of rotatable bonds is 10. The zero-order chi connectivity index (χ0) is 33.9. The van der Waals surface area contributed by atoms with Gasteiger partial charge in [-0.3, -0.25) is 24.6 Å². The minimum absolute atomic E-state index is 0.0808. The number of nitro benzene ring substituents is 1. The first-order valence-corrected chi connectivity index (χ1v) is 16.9. The minimum atomic E-state index is -1.22. The molecule has 1 saturated heterocycles. The Labute approximate surface area is 292 Å². The van der Waals surface area contributed by atoms with Crippen molar-refractivity contribution in [1.82, 2.24) is 10.2 Å². The van der Waals surface area contributed by atoms with E-state index in [0.29, 0.717) is 32.5 Å². The van der Waals surface area contributed by atoms with Gasteiger partial charge in [-0.15, -0.1) is 10.2 Å². The second kappa shape index (κ2) is 14.2. The molecular weight excluding hydrogens is 695 g/mol. The number of hydrogen-bond donors (Lipinski definition) is 1. The van der Waals surface area contributed by atoms with Crippen LogP contribution >= 0.6 is 46.3 Å². The van der Waals surface area contributed by atoms with Gasteiger partial charge in [-0.25, -0.2) is 0 Å². The number of carbonyl (C=O) groups excluding carboxylic acids is 2. The summed E-state index contributed by atoms with van der Waals surface area (Å²) in [6, 6.07) is 23.8. The van der Waals surface area contributed by atoms with Crippen molar-refractivity contribution in [2.24, 2.45) is 0 Å². The van der Waals surface area contributed by atoms with Crippen molar-refractivity contribution in [3.63, 3.8) is 0 Å². The Bertz CT molecular complexity index is 2090. The molecule has 242 valence electrons. The maximum Gasteiger partial charge on any atom is 0.301 e. The second-order valence-electron chi connectivity index (χ2n) is 10.6. The molecule has 5 aromatic rings. The minimum Gasteiger partial charge on any atom is -0.507 e. The lowest BCUT2D eigenvalue weighted by Crippen LogP contribution is -2.29. The highest BCUT2D eigenvalue weighted by Crippen LogP contribution is 2.45. The second-order valence-corrected chi connectivity index (χ2v) is 13.7. The Morgan fingerprint density at radius 2 is 1.77 bits per heavy atom. The monoisotopic (exact) mass is 718 g/mol. The number of Topliss-reactive ketones (excluding diaryl/α,β-unsaturated/α-hetero) is 1. The van der Waals surface area contributed by atoms with Crippen molar-refractivity contribution < 1.29 is 24.4 Å². The molecule has 0 aliphatic carbocycles. The first kappa shape index (κ1) is 33.2. The van der Waals surface area contributed by atoms with E-state index in [-0.39, 0.29) is 27.5 Å². The third-order valence-electron chi connectivity index (χ3n) is 7.59. The van der Waals surface area contributed by atoms with Gasteiger partial charge in [0, 0.05) is 33.5 Å². The average Bonchev–Trinajstić information content (AvgIpc) is 3.65. The summed E-state index contributed by atoms with van der Waals surface area (Å²) in [5, 5.41) is 32.6. The molecule has 1 unspecified atom stereocenters. The van der Waals surface area contributed by atoms with Gasteiger partial charge in [0.1, 0.15) is 18.1 Å². The highest BCUT2D eigenvalue weighted by atomic mass is 35.5. The lowest BCUT2D eigenvalue weighted by molar-refractivity contribution is -0.384. The molecule has 1 N–H and O–H groups in total. The summed E-state index contributed by atoms with van der Waals surface area (Å²) < 4.78 is 6.40. The van der Waals surface area contributed by atoms with Gasteiger partial charge in [0.25, 0.3) is 11.5 Å². The number of non-ortho nitro benzene ring substituents is 1. The molecule has 1 amide bonds. The van der Waals surface area contributed by atoms with E-state index in [0.717, 1.165) is 32.9 Å². The van der Waals surface area contributed by atoms with Crippen LogP contribution in [0.4, 0.5) is 10.8 Å². The number of aliphatic hydroxyl groups is 1. The van der Waals surface area contributed by atoms with Crippen LogP contribution in [0, 0.1) is 17.0 Å². The molecule has 1 aliphatic rings. The quantitative estimate of drug-likeness (QED) is 0.0286. The molecule has 4 aromatic carbocycles. The van der Waals surface area contributed by atoms with E-state index in [1.165, 1.54) is 30.0 Å². The van der Waals surface area contributed by atoms with Crippen LogP contribution in [0.3, 0.4) is 0 Å². The molecule has 6 rings (SSSR count). The number of carbonyl (C=O) groups is 2. The lowest BCUT2D eigenvalue weighted by atomic mass is 9.95. The number of ether oxygens (including phenoxy) is 1. The molecule has 0 bridgehead atoms. The van der Waals surface area contributed by atoms with Crippen LogP contribution < -0.4 is 9.64 Å². The fourth-order valence-electron chi connectivity index (χ4n) is 5.09. The highest BCUT2D eigenvalue weighted by Gasteiger charge is 2.48. The number of thioether (sulfide) groups is 1. The molecule has 14 heteroatoms. The molecule has 2 heterocycles. The predicted molar refractivity (Wildman–Crippen MR) is 186 cm³/mol. The predicted octanol–water partition coefficient (Wildman–Crippen LogP) is 8.56. The number of benzene rings is 4. The van der Waals surface area contributed by atoms with Gasteiger partial charge in [-0.05, 0) is 65.6 Å². The van der Waals surface area contributed by atoms with Gasteiger partial charge in [0.2, 0.25) is 5.13 Å². The highest BCUT2D eigenvalue weighted by molar-refractivity contribution is 8.00. The molecule has 1 aromatic heterocycles. The van der Waals surface area contributed by atoms with Gasteiger partial charge in [-0.1, -0.05) is 88.8 Å². The number of anilines is 1. The Kier molecular flexibility index (Phi) is 9.78. The number of amides is 1. The number of nitrogens with zero attached hydrogens (tertiary/aromatic N) is 4. The Hall–Kier alpha value is -4.75. The number of hydrogen-bond acceptors (Lipinski definition) is 10. The number of aryl methyl sites for hydroxylation is 1. The van der Waals surface area contributed by atoms with Crippen LogP contribution in [0.2, 0.25) is 10.0 Å². The van der Waals surface area contributed by atoms with Gasteiger partial charge >= 0.3 is 5.91 Å². The third-order valence-corrected chi connectivity index (χ3v) is 10.3. The summed E-state index contributed by atoms with van der Waals surface area (Å²) >= 11 is 14.7. The molecular formula is C34H24Cl2N4O6S2. The molecule has 1 fully saturated rings. The maximum atomic E-state index is 13.6. The fourth-order valence-corrected chi connectivity index (χ4v) is 7.51. The van der Waals surface area contributed by atoms with Crippen LogP contribution in [-0.2, 0) is 21.9 Å². The first-order chi connectivity index (χ1) is 23.1. The third kappa shape index (κ3) is 6.92. The number of aromatic nitrogens is 2. The smallest absolute Gasteiger partial charge is 0.301 e. The summed E-state index contributed by atoms with van der Waals surface area (Å²) in [7, 11) is 0. The fraction of sp³-hybridized carbons (Fsp3) is 0.118. The van der Waals surface area contributed by atoms with E-state index in [4.69, 9.17) is 27.9 Å². The van der Waals surface area contributed by atoms with Crippen LogP contribution in [0.1, 0.15) is 33.9 Å². The molecule has 1 aliphatic heterocycles. The van der Waals surface area contributed by atoms with Gasteiger partial charge in [0.15, 0.2) is 4.34 Å². The van der Waals surface area contributed by atoms with E-state index in [1.54, 1.807) is 48.5 Å². The van der Waals surface area contributed by atoms with E-state index in [9.17, 15) is 24.8 Å². The number of halogens is 2. The van der Waals surface area contributed by atoms with Gasteiger partial charge < -0.3 is 9.84 Å². The van der Waals surface area contributed by atoms with Crippen molar-refractivity contribution in [3.05, 3.63) is 145 Å². The zero-order valence-electron chi connectivity index (χ0n) is 25.0. The topological polar surface area (TPSA) is 136 Å². The maximum absolute atomic E-state index is 13.6. The van der Waals surface area contributed by atoms with Crippen LogP contribution in [-0.4, -0.2) is 31.9 Å². The van der Waals surface area contributed by atoms with Crippen molar-refractivity contribution in [3.8, 4) is 5.75 Å². The lowest BCUT2D eigenvalue weighted by Gasteiger charge is -2.22. The van der Waals surface area contributed by atoms with Crippen LogP contribution in [0.25, 0.3) is 5.76 Å². The molecule has 0 radical (unpaired) electrons. The van der Waals surface area contributed by atoms with E-state index >= 15 is 0 Å². The largest absolute Gasteiger partial charge is 0.507 e. The SMILES string of the molecule is Cc1ccccc1COc1ccc(/C(O)=C2\C(=O)C(=O)N(c3nnc(SCc4ccc(Cl)cc4Cl)s3)C2c2cccc([N+](=O)[O-])c2)cc1. The van der Waals surface area contributed by atoms with E-state index < -0.39 is 28.4 Å². The summed E-state index contributed by atoms with van der Waals surface area (Å²) in [5.74, 6) is -1.41. The molecule has 10 nitrogen and oxygen atoms in total. The Morgan fingerprint density at radius 3 is 2.50 bits per heavy atom. The van der Waals surface area contributed by atoms with E-state index in [2.05, 4.69) is 10.2 Å². The summed E-state index contributed by atoms with van der Waals surface area (Å²) in [6.45, 7) is 2.33. The molecule has 48 heavy (non-hydrogen) atoms. The molecule has 0 saturated carbocycles. The van der Waals surface area contributed by atoms with Crippen LogP contribution in [0.5, 0.6) is 5.75 Å². The first-order valence-electron chi connectivity index (χ1n) is 14.3. The Balaban J connectivity index is 1.33. The van der Waals surface area contributed by atoms with Gasteiger partial charge in [-0.2, -0.15) is 0 Å². The number of aliphatic hydroxyl groups excluding tert-OH is 1. The summed E-state index contributed by atoms with van der Waals surface area (Å²) in [6.07, 6.45) is 0. The summed E-state index contributed by atoms with van der Waals surface area (Å²) in [5.41, 5.74) is 2.92. The normalized spacial score (nSPS) is 15.6. The summed E-state index contributed by atoms with van der Waals surface area (Å²) in [4.78, 5) is 39.4. The average molecular weight is 720 g/mol. The molecule has 0 spiro atoms. The zero-order valence-corrected chi connectivity index (χ0v) is 28.1. The van der Waals surface area contributed by atoms with Crippen molar-refractivity contribution in [1.29, 1.82) is 0 Å². The van der Waals surface area contributed by atoms with Crippen molar-refractivity contribution in [2.45, 2.75) is 29.7 Å². The van der Waals surface area contributed by atoms with Crippen molar-refractivity contribution in [2.75, 3.05) is 4.90 Å².